The van der Waals surface area contributed by atoms with E-state index in [1.165, 1.54) is 6.92 Å². The lowest BCUT2D eigenvalue weighted by Crippen LogP contribution is -2.41. The summed E-state index contributed by atoms with van der Waals surface area (Å²) in [5.41, 5.74) is 3.34. The zero-order valence-corrected chi connectivity index (χ0v) is 23.0. The number of halogens is 1. The first-order chi connectivity index (χ1) is 18.1. The van der Waals surface area contributed by atoms with Gasteiger partial charge in [-0.1, -0.05) is 29.8 Å². The minimum Gasteiger partial charge on any atom is -0.490 e. The molecule has 200 valence electrons. The van der Waals surface area contributed by atoms with E-state index in [1.807, 2.05) is 31.2 Å². The van der Waals surface area contributed by atoms with Gasteiger partial charge in [0.25, 0.3) is 0 Å². The van der Waals surface area contributed by atoms with E-state index in [0.717, 1.165) is 11.3 Å². The third kappa shape index (κ3) is 5.83. The van der Waals surface area contributed by atoms with Crippen LogP contribution in [0.4, 0.5) is 0 Å². The number of carbonyl (C=O) groups is 3. The molecule has 0 radical (unpaired) electrons. The molecule has 1 heterocycles. The van der Waals surface area contributed by atoms with Crippen molar-refractivity contribution in [2.45, 2.75) is 65.4 Å². The Morgan fingerprint density at radius 3 is 2.34 bits per heavy atom. The molecule has 3 atom stereocenters. The number of ketones is 1. The summed E-state index contributed by atoms with van der Waals surface area (Å²) in [5, 5.41) is 0.637. The summed E-state index contributed by atoms with van der Waals surface area (Å²) in [7, 11) is 0. The Morgan fingerprint density at radius 2 is 1.71 bits per heavy atom. The largest absolute Gasteiger partial charge is 0.490 e. The summed E-state index contributed by atoms with van der Waals surface area (Å²) in [5.74, 6) is -1.59. The van der Waals surface area contributed by atoms with E-state index in [9.17, 15) is 14.4 Å². The summed E-state index contributed by atoms with van der Waals surface area (Å²) in [6, 6.07) is 12.7. The van der Waals surface area contributed by atoms with Gasteiger partial charge in [0.1, 0.15) is 5.78 Å². The summed E-state index contributed by atoms with van der Waals surface area (Å²) in [6.45, 7) is 8.83. The van der Waals surface area contributed by atoms with Crippen LogP contribution in [0.5, 0.6) is 11.5 Å². The highest BCUT2D eigenvalue weighted by atomic mass is 35.5. The van der Waals surface area contributed by atoms with Crippen molar-refractivity contribution >= 4 is 35.0 Å². The molecule has 8 heteroatoms. The summed E-state index contributed by atoms with van der Waals surface area (Å²) in [4.78, 5) is 43.6. The van der Waals surface area contributed by atoms with Crippen molar-refractivity contribution in [3.8, 4) is 11.5 Å². The zero-order chi connectivity index (χ0) is 27.6. The van der Waals surface area contributed by atoms with Gasteiger partial charge in [-0.2, -0.15) is 0 Å². The number of rotatable bonds is 7. The quantitative estimate of drug-likeness (QED) is 0.309. The van der Waals surface area contributed by atoms with Crippen LogP contribution in [0.2, 0.25) is 5.02 Å². The number of Topliss-reactive ketones (excluding diaryl/α,β-unsaturated/α-hetero) is 1. The van der Waals surface area contributed by atoms with E-state index in [-0.39, 0.29) is 23.6 Å². The lowest BCUT2D eigenvalue weighted by Gasteiger charge is -2.38. The van der Waals surface area contributed by atoms with E-state index in [0.29, 0.717) is 47.1 Å². The number of allylic oxidation sites excluding steroid dienone is 1. The first kappa shape index (κ1) is 27.6. The number of hydrogen-bond acceptors (Lipinski definition) is 7. The Hall–Kier alpha value is -3.45. The number of carbonyl (C=O) groups excluding carboxylic acids is 3. The molecule has 0 saturated heterocycles. The van der Waals surface area contributed by atoms with Crippen molar-refractivity contribution in [2.75, 3.05) is 6.61 Å². The number of hydrogen-bond donors (Lipinski definition) is 0. The normalized spacial score (nSPS) is 21.1. The Labute approximate surface area is 227 Å². The van der Waals surface area contributed by atoms with Crippen LogP contribution in [0.1, 0.15) is 70.4 Å². The molecule has 2 aliphatic rings. The Kier molecular flexibility index (Phi) is 8.36. The Bertz CT molecular complexity index is 1310. The molecule has 1 aliphatic heterocycles. The van der Waals surface area contributed by atoms with Crippen LogP contribution in [0.3, 0.4) is 0 Å². The second-order valence-electron chi connectivity index (χ2n) is 9.87. The molecular weight excluding hydrogens is 506 g/mol. The van der Waals surface area contributed by atoms with E-state index in [2.05, 4.69) is 0 Å². The molecule has 2 aromatic rings. The fourth-order valence-electron chi connectivity index (χ4n) is 5.28. The molecule has 0 spiro atoms. The first-order valence-electron chi connectivity index (χ1n) is 12.8. The van der Waals surface area contributed by atoms with Crippen molar-refractivity contribution < 1.29 is 28.6 Å². The lowest BCUT2D eigenvalue weighted by atomic mass is 9.66. The highest BCUT2D eigenvalue weighted by molar-refractivity contribution is 6.30. The molecule has 4 rings (SSSR count). The monoisotopic (exact) mass is 537 g/mol. The van der Waals surface area contributed by atoms with Crippen LogP contribution < -0.4 is 9.47 Å². The number of aliphatic imine (C=N–C) groups is 1. The SMILES string of the molecule is CCOc1cc([C@H]2C(C(=O)OC(C)C)=C(C)N=C3C[C@@H](c4ccc(Cl)cc4)CC(=O)C32)ccc1OC(C)=O. The minimum absolute atomic E-state index is 0.00400. The predicted octanol–water partition coefficient (Wildman–Crippen LogP) is 6.19. The van der Waals surface area contributed by atoms with Crippen LogP contribution in [0.25, 0.3) is 0 Å². The molecule has 0 aromatic heterocycles. The predicted molar refractivity (Wildman–Crippen MR) is 145 cm³/mol. The molecular formula is C30H32ClNO6. The molecule has 1 fully saturated rings. The number of benzene rings is 2. The van der Waals surface area contributed by atoms with Crippen LogP contribution in [-0.4, -0.2) is 36.1 Å². The van der Waals surface area contributed by atoms with Crippen molar-refractivity contribution in [1.29, 1.82) is 0 Å². The molecule has 2 aromatic carbocycles. The number of esters is 2. The highest BCUT2D eigenvalue weighted by Gasteiger charge is 2.46. The molecule has 1 saturated carbocycles. The third-order valence-corrected chi connectivity index (χ3v) is 6.99. The molecule has 7 nitrogen and oxygen atoms in total. The number of ether oxygens (including phenoxy) is 3. The van der Waals surface area contributed by atoms with Gasteiger partial charge in [-0.15, -0.1) is 0 Å². The van der Waals surface area contributed by atoms with Gasteiger partial charge in [-0.05, 0) is 75.4 Å². The molecule has 1 aliphatic carbocycles. The second kappa shape index (κ2) is 11.5. The first-order valence-corrected chi connectivity index (χ1v) is 13.2. The highest BCUT2D eigenvalue weighted by Crippen LogP contribution is 2.47. The summed E-state index contributed by atoms with van der Waals surface area (Å²) >= 11 is 6.07. The average molecular weight is 538 g/mol. The van der Waals surface area contributed by atoms with Crippen LogP contribution in [0.15, 0.2) is 58.7 Å². The van der Waals surface area contributed by atoms with Gasteiger partial charge >= 0.3 is 11.9 Å². The molecule has 1 unspecified atom stereocenters. The maximum Gasteiger partial charge on any atom is 0.336 e. The zero-order valence-electron chi connectivity index (χ0n) is 22.2. The van der Waals surface area contributed by atoms with Gasteiger partial charge in [-0.25, -0.2) is 4.79 Å². The summed E-state index contributed by atoms with van der Waals surface area (Å²) < 4.78 is 16.7. The van der Waals surface area contributed by atoms with E-state index in [4.69, 9.17) is 30.8 Å². The standard InChI is InChI=1S/C30H32ClNO6/c1-6-36-26-15-20(9-12-25(26)38-18(5)33)28-27(30(35)37-16(2)3)17(4)32-23-13-21(14-24(34)29(23)28)19-7-10-22(31)11-8-19/h7-12,15-16,21,28-29H,6,13-14H2,1-5H3/t21-,28+,29?/m1/s1. The fourth-order valence-corrected chi connectivity index (χ4v) is 5.40. The number of fused-ring (bicyclic) bond motifs is 1. The topological polar surface area (TPSA) is 91.3 Å². The van der Waals surface area contributed by atoms with E-state index in [1.54, 1.807) is 39.0 Å². The van der Waals surface area contributed by atoms with Crippen molar-refractivity contribution in [2.24, 2.45) is 10.9 Å². The Morgan fingerprint density at radius 1 is 1.03 bits per heavy atom. The van der Waals surface area contributed by atoms with Gasteiger partial charge in [0.15, 0.2) is 11.5 Å². The maximum absolute atomic E-state index is 13.8. The Balaban J connectivity index is 1.81. The smallest absolute Gasteiger partial charge is 0.336 e. The fraction of sp³-hybridized carbons (Fsp3) is 0.400. The molecule has 38 heavy (non-hydrogen) atoms. The van der Waals surface area contributed by atoms with Crippen molar-refractivity contribution in [3.05, 3.63) is 69.9 Å². The van der Waals surface area contributed by atoms with Crippen LogP contribution in [0, 0.1) is 5.92 Å². The molecule has 0 amide bonds. The molecule has 0 bridgehead atoms. The third-order valence-electron chi connectivity index (χ3n) is 6.74. The van der Waals surface area contributed by atoms with E-state index < -0.39 is 23.8 Å². The van der Waals surface area contributed by atoms with Gasteiger partial charge < -0.3 is 14.2 Å². The molecule has 0 N–H and O–H groups in total. The minimum atomic E-state index is -0.619. The van der Waals surface area contributed by atoms with Gasteiger partial charge in [0.2, 0.25) is 0 Å². The average Bonchev–Trinajstić information content (AvgIpc) is 2.84. The van der Waals surface area contributed by atoms with Crippen molar-refractivity contribution in [1.82, 2.24) is 0 Å². The van der Waals surface area contributed by atoms with Crippen molar-refractivity contribution in [3.63, 3.8) is 0 Å². The summed E-state index contributed by atoms with van der Waals surface area (Å²) in [6.07, 6.45) is 0.565. The van der Waals surface area contributed by atoms with Gasteiger partial charge in [-0.3, -0.25) is 14.6 Å². The van der Waals surface area contributed by atoms with Crippen LogP contribution >= 0.6 is 11.6 Å². The lowest BCUT2D eigenvalue weighted by molar-refractivity contribution is -0.143. The van der Waals surface area contributed by atoms with E-state index >= 15 is 0 Å². The van der Waals surface area contributed by atoms with Gasteiger partial charge in [0, 0.05) is 35.7 Å². The second-order valence-corrected chi connectivity index (χ2v) is 10.3. The van der Waals surface area contributed by atoms with Gasteiger partial charge in [0.05, 0.1) is 24.2 Å². The number of nitrogens with zero attached hydrogens (tertiary/aromatic N) is 1. The van der Waals surface area contributed by atoms with Crippen LogP contribution in [-0.2, 0) is 19.1 Å². The maximum atomic E-state index is 13.8.